The Kier molecular flexibility index (Phi) is 4.98. The number of hydrogen-bond acceptors (Lipinski definition) is 4. The summed E-state index contributed by atoms with van der Waals surface area (Å²) in [5.74, 6) is 2.35. The second-order valence-corrected chi connectivity index (χ2v) is 7.94. The topological polar surface area (TPSA) is 28.4 Å². The van der Waals surface area contributed by atoms with Crippen LogP contribution in [0.4, 0.5) is 0 Å². The van der Waals surface area contributed by atoms with Crippen molar-refractivity contribution in [2.75, 3.05) is 18.8 Å². The van der Waals surface area contributed by atoms with E-state index in [1.165, 1.54) is 17.9 Å². The van der Waals surface area contributed by atoms with Gasteiger partial charge in [0, 0.05) is 41.7 Å². The molecular formula is C15H26N2OS. The van der Waals surface area contributed by atoms with Gasteiger partial charge in [-0.2, -0.15) is 11.8 Å². The Morgan fingerprint density at radius 3 is 2.95 bits per heavy atom. The number of furan rings is 1. The normalized spacial score (nSPS) is 21.8. The average Bonchev–Trinajstić information content (AvgIpc) is 2.73. The minimum absolute atomic E-state index is 0.144. The van der Waals surface area contributed by atoms with Crippen molar-refractivity contribution in [1.29, 1.82) is 0 Å². The van der Waals surface area contributed by atoms with Crippen molar-refractivity contribution in [3.8, 4) is 0 Å². The van der Waals surface area contributed by atoms with Crippen LogP contribution in [0.2, 0.25) is 0 Å². The fraction of sp³-hybridized carbons (Fsp3) is 0.733. The van der Waals surface area contributed by atoms with Gasteiger partial charge in [-0.25, -0.2) is 0 Å². The van der Waals surface area contributed by atoms with Crippen molar-refractivity contribution >= 4 is 11.8 Å². The highest BCUT2D eigenvalue weighted by atomic mass is 32.2. The summed E-state index contributed by atoms with van der Waals surface area (Å²) in [5, 5.41) is 4.26. The van der Waals surface area contributed by atoms with Crippen LogP contribution in [0, 0.1) is 0 Å². The third-order valence-corrected chi connectivity index (χ3v) is 4.48. The number of thioether (sulfide) groups is 1. The first-order valence-electron chi connectivity index (χ1n) is 7.08. The standard InChI is InChI=1S/C15H26N2OS/c1-12-10-17(6-8-19-12)11-14-13(5-7-18-14)9-16-15(2,3)4/h5,7,12,16H,6,8-11H2,1-4H3. The monoisotopic (exact) mass is 282 g/mol. The third kappa shape index (κ3) is 4.86. The zero-order valence-electron chi connectivity index (χ0n) is 12.5. The molecule has 1 aromatic heterocycles. The van der Waals surface area contributed by atoms with Gasteiger partial charge >= 0.3 is 0 Å². The quantitative estimate of drug-likeness (QED) is 0.918. The maximum Gasteiger partial charge on any atom is 0.122 e. The molecule has 1 N–H and O–H groups in total. The number of nitrogens with one attached hydrogen (secondary N) is 1. The maximum atomic E-state index is 5.68. The first kappa shape index (κ1) is 14.9. The van der Waals surface area contributed by atoms with E-state index in [1.54, 1.807) is 0 Å². The molecule has 0 radical (unpaired) electrons. The van der Waals surface area contributed by atoms with Crippen molar-refractivity contribution in [2.45, 2.75) is 51.6 Å². The molecule has 2 heterocycles. The highest BCUT2D eigenvalue weighted by Gasteiger charge is 2.19. The molecular weight excluding hydrogens is 256 g/mol. The minimum Gasteiger partial charge on any atom is -0.468 e. The minimum atomic E-state index is 0.144. The molecule has 1 aliphatic rings. The van der Waals surface area contributed by atoms with E-state index in [2.05, 4.69) is 55.7 Å². The molecule has 108 valence electrons. The Balaban J connectivity index is 1.91. The Morgan fingerprint density at radius 1 is 1.47 bits per heavy atom. The molecule has 4 heteroatoms. The number of rotatable bonds is 4. The molecule has 0 spiro atoms. The van der Waals surface area contributed by atoms with Crippen LogP contribution < -0.4 is 5.32 Å². The first-order chi connectivity index (χ1) is 8.94. The Hall–Kier alpha value is -0.450. The van der Waals surface area contributed by atoms with E-state index in [0.29, 0.717) is 0 Å². The lowest BCUT2D eigenvalue weighted by Gasteiger charge is -2.30. The molecule has 1 aromatic rings. The van der Waals surface area contributed by atoms with Crippen LogP contribution in [0.5, 0.6) is 0 Å². The molecule has 0 aromatic carbocycles. The van der Waals surface area contributed by atoms with Gasteiger partial charge in [-0.3, -0.25) is 4.90 Å². The molecule has 19 heavy (non-hydrogen) atoms. The molecule has 0 saturated carbocycles. The highest BCUT2D eigenvalue weighted by molar-refractivity contribution is 7.99. The Morgan fingerprint density at radius 2 is 2.26 bits per heavy atom. The van der Waals surface area contributed by atoms with Crippen LogP contribution in [0.15, 0.2) is 16.7 Å². The lowest BCUT2D eigenvalue weighted by molar-refractivity contribution is 0.252. The summed E-state index contributed by atoms with van der Waals surface area (Å²) in [6, 6.07) is 2.09. The molecule has 1 fully saturated rings. The molecule has 0 amide bonds. The summed E-state index contributed by atoms with van der Waals surface area (Å²) in [7, 11) is 0. The van der Waals surface area contributed by atoms with Crippen molar-refractivity contribution in [3.63, 3.8) is 0 Å². The third-order valence-electron chi connectivity index (χ3n) is 3.34. The smallest absolute Gasteiger partial charge is 0.122 e. The first-order valence-corrected chi connectivity index (χ1v) is 8.13. The van der Waals surface area contributed by atoms with Crippen LogP contribution in [0.1, 0.15) is 39.0 Å². The lowest BCUT2D eigenvalue weighted by atomic mass is 10.1. The molecule has 1 atom stereocenters. The summed E-state index contributed by atoms with van der Waals surface area (Å²) >= 11 is 2.07. The van der Waals surface area contributed by atoms with E-state index in [4.69, 9.17) is 4.42 Å². The fourth-order valence-electron chi connectivity index (χ4n) is 2.26. The predicted octanol–water partition coefficient (Wildman–Crippen LogP) is 3.11. The Bertz CT molecular complexity index is 397. The van der Waals surface area contributed by atoms with Gasteiger partial charge in [0.25, 0.3) is 0 Å². The summed E-state index contributed by atoms with van der Waals surface area (Å²) in [6.45, 7) is 13.0. The summed E-state index contributed by atoms with van der Waals surface area (Å²) < 4.78 is 5.68. The fourth-order valence-corrected chi connectivity index (χ4v) is 3.34. The largest absolute Gasteiger partial charge is 0.468 e. The van der Waals surface area contributed by atoms with Crippen LogP contribution in [-0.2, 0) is 13.1 Å². The molecule has 3 nitrogen and oxygen atoms in total. The number of nitrogens with zero attached hydrogens (tertiary/aromatic N) is 1. The predicted molar refractivity (Wildman–Crippen MR) is 82.5 cm³/mol. The van der Waals surface area contributed by atoms with Gasteiger partial charge in [-0.05, 0) is 26.8 Å². The molecule has 2 rings (SSSR count). The number of hydrogen-bond donors (Lipinski definition) is 1. The van der Waals surface area contributed by atoms with Gasteiger partial charge in [0.15, 0.2) is 0 Å². The van der Waals surface area contributed by atoms with E-state index in [-0.39, 0.29) is 5.54 Å². The van der Waals surface area contributed by atoms with Gasteiger partial charge in [-0.15, -0.1) is 0 Å². The van der Waals surface area contributed by atoms with Crippen LogP contribution in [0.25, 0.3) is 0 Å². The molecule has 0 aliphatic carbocycles. The van der Waals surface area contributed by atoms with Crippen LogP contribution in [0.3, 0.4) is 0 Å². The van der Waals surface area contributed by atoms with Gasteiger partial charge in [-0.1, -0.05) is 6.92 Å². The molecule has 1 aliphatic heterocycles. The lowest BCUT2D eigenvalue weighted by Crippen LogP contribution is -2.37. The van der Waals surface area contributed by atoms with Crippen LogP contribution >= 0.6 is 11.8 Å². The zero-order valence-corrected chi connectivity index (χ0v) is 13.3. The maximum absolute atomic E-state index is 5.68. The van der Waals surface area contributed by atoms with Crippen molar-refractivity contribution in [1.82, 2.24) is 10.2 Å². The van der Waals surface area contributed by atoms with Gasteiger partial charge < -0.3 is 9.73 Å². The summed E-state index contributed by atoms with van der Waals surface area (Å²) in [6.07, 6.45) is 1.82. The molecule has 1 saturated heterocycles. The average molecular weight is 282 g/mol. The second-order valence-electron chi connectivity index (χ2n) is 6.39. The molecule has 1 unspecified atom stereocenters. The van der Waals surface area contributed by atoms with E-state index in [0.717, 1.165) is 30.6 Å². The van der Waals surface area contributed by atoms with E-state index < -0.39 is 0 Å². The van der Waals surface area contributed by atoms with Crippen molar-refractivity contribution < 1.29 is 4.42 Å². The Labute approximate surface area is 121 Å². The second kappa shape index (κ2) is 6.33. The van der Waals surface area contributed by atoms with E-state index in [9.17, 15) is 0 Å². The van der Waals surface area contributed by atoms with Gasteiger partial charge in [0.05, 0.1) is 12.8 Å². The summed E-state index contributed by atoms with van der Waals surface area (Å²) in [5.41, 5.74) is 1.44. The van der Waals surface area contributed by atoms with Crippen molar-refractivity contribution in [2.24, 2.45) is 0 Å². The van der Waals surface area contributed by atoms with Gasteiger partial charge in [0.2, 0.25) is 0 Å². The van der Waals surface area contributed by atoms with E-state index in [1.807, 2.05) is 6.26 Å². The highest BCUT2D eigenvalue weighted by Crippen LogP contribution is 2.21. The van der Waals surface area contributed by atoms with E-state index >= 15 is 0 Å². The van der Waals surface area contributed by atoms with Crippen molar-refractivity contribution in [3.05, 3.63) is 23.7 Å². The molecule has 0 bridgehead atoms. The summed E-state index contributed by atoms with van der Waals surface area (Å²) in [4.78, 5) is 2.50. The SMILES string of the molecule is CC1CN(Cc2occc2CNC(C)(C)C)CCS1. The van der Waals surface area contributed by atoms with Crippen LogP contribution in [-0.4, -0.2) is 34.5 Å². The van der Waals surface area contributed by atoms with Gasteiger partial charge in [0.1, 0.15) is 5.76 Å². The zero-order chi connectivity index (χ0) is 13.9.